The molecule has 2 aromatic rings. The summed E-state index contributed by atoms with van der Waals surface area (Å²) in [5.41, 5.74) is 1.45. The molecule has 0 fully saturated rings. The van der Waals surface area contributed by atoms with Gasteiger partial charge in [0.15, 0.2) is 0 Å². The molecular weight excluding hydrogens is 366 g/mol. The molecule has 3 atom stereocenters. The van der Waals surface area contributed by atoms with Crippen LogP contribution in [-0.2, 0) is 4.79 Å². The number of nitrogens with one attached hydrogen (secondary N) is 1. The van der Waals surface area contributed by atoms with Crippen LogP contribution in [0.1, 0.15) is 23.5 Å². The van der Waals surface area contributed by atoms with Crippen LogP contribution in [0.15, 0.2) is 42.6 Å². The molecule has 1 aromatic heterocycles. The van der Waals surface area contributed by atoms with E-state index in [1.54, 1.807) is 23.5 Å². The fraction of sp³-hybridized carbons (Fsp3) is 0.278. The lowest BCUT2D eigenvalue weighted by molar-refractivity contribution is -0.133. The Bertz CT molecular complexity index is 807. The van der Waals surface area contributed by atoms with Gasteiger partial charge in [-0.05, 0) is 17.2 Å². The van der Waals surface area contributed by atoms with Crippen molar-refractivity contribution in [1.82, 2.24) is 10.3 Å². The molecule has 9 heteroatoms. The number of carbonyl (C=O) groups is 1. The van der Waals surface area contributed by atoms with Gasteiger partial charge in [0.1, 0.15) is 18.8 Å². The molecule has 27 heavy (non-hydrogen) atoms. The summed E-state index contributed by atoms with van der Waals surface area (Å²) in [5.74, 6) is -1.66. The third kappa shape index (κ3) is 5.01. The smallest absolute Gasteiger partial charge is 0.315 e. The lowest BCUT2D eigenvalue weighted by Gasteiger charge is -2.22. The third-order valence-electron chi connectivity index (χ3n) is 3.82. The summed E-state index contributed by atoms with van der Waals surface area (Å²) in [7, 11) is 0. The number of rotatable bonds is 7. The molecule has 0 aliphatic carbocycles. The standard InChI is InChI=1S/C18H15F4N3O2/c19-7-15(25-18(27)17(21)22)16(26)11-3-1-10(2-4-11)12-5-6-14(24-9-12)13(20)8-23/h1-6,9,13,15-17,26H,7H2,(H,25,27). The Balaban J connectivity index is 2.14. The van der Waals surface area contributed by atoms with Crippen molar-refractivity contribution in [2.75, 3.05) is 6.67 Å². The average molecular weight is 381 g/mol. The van der Waals surface area contributed by atoms with Crippen LogP contribution >= 0.6 is 0 Å². The van der Waals surface area contributed by atoms with E-state index in [-0.39, 0.29) is 11.3 Å². The maximum Gasteiger partial charge on any atom is 0.315 e. The number of hydrogen-bond acceptors (Lipinski definition) is 4. The summed E-state index contributed by atoms with van der Waals surface area (Å²) in [4.78, 5) is 14.9. The molecule has 2 rings (SSSR count). The number of aliphatic hydroxyl groups excluding tert-OH is 1. The Hall–Kier alpha value is -2.99. The lowest BCUT2D eigenvalue weighted by atomic mass is 9.99. The number of aliphatic hydroxyl groups is 1. The largest absolute Gasteiger partial charge is 0.386 e. The summed E-state index contributed by atoms with van der Waals surface area (Å²) in [5, 5.41) is 20.4. The van der Waals surface area contributed by atoms with E-state index in [2.05, 4.69) is 4.98 Å². The molecule has 2 N–H and O–H groups in total. The van der Waals surface area contributed by atoms with E-state index in [0.29, 0.717) is 11.1 Å². The highest BCUT2D eigenvalue weighted by Crippen LogP contribution is 2.24. The predicted octanol–water partition coefficient (Wildman–Crippen LogP) is 3.04. The quantitative estimate of drug-likeness (QED) is 0.722. The van der Waals surface area contributed by atoms with Crippen LogP contribution in [0.3, 0.4) is 0 Å². The second-order valence-electron chi connectivity index (χ2n) is 5.60. The molecule has 142 valence electrons. The van der Waals surface area contributed by atoms with Crippen molar-refractivity contribution < 1.29 is 27.5 Å². The van der Waals surface area contributed by atoms with Crippen molar-refractivity contribution in [3.05, 3.63) is 53.9 Å². The van der Waals surface area contributed by atoms with Crippen molar-refractivity contribution in [2.24, 2.45) is 0 Å². The normalized spacial score (nSPS) is 14.3. The van der Waals surface area contributed by atoms with Gasteiger partial charge in [-0.2, -0.15) is 14.0 Å². The fourth-order valence-electron chi connectivity index (χ4n) is 2.34. The van der Waals surface area contributed by atoms with Gasteiger partial charge in [0.05, 0.1) is 11.7 Å². The van der Waals surface area contributed by atoms with Crippen LogP contribution in [0.5, 0.6) is 0 Å². The van der Waals surface area contributed by atoms with Crippen molar-refractivity contribution in [1.29, 1.82) is 5.26 Å². The molecule has 0 saturated heterocycles. The van der Waals surface area contributed by atoms with Gasteiger partial charge in [-0.1, -0.05) is 30.3 Å². The number of benzene rings is 1. The molecule has 0 aliphatic heterocycles. The topological polar surface area (TPSA) is 86.0 Å². The van der Waals surface area contributed by atoms with E-state index < -0.39 is 37.3 Å². The van der Waals surface area contributed by atoms with Gasteiger partial charge in [0, 0.05) is 11.8 Å². The first-order valence-electron chi connectivity index (χ1n) is 7.80. The second kappa shape index (κ2) is 9.09. The Morgan fingerprint density at radius 2 is 1.78 bits per heavy atom. The van der Waals surface area contributed by atoms with Gasteiger partial charge in [-0.25, -0.2) is 8.78 Å². The second-order valence-corrected chi connectivity index (χ2v) is 5.60. The first-order valence-corrected chi connectivity index (χ1v) is 7.80. The molecule has 1 heterocycles. The number of amides is 1. The number of halogens is 4. The van der Waals surface area contributed by atoms with Crippen LogP contribution < -0.4 is 5.32 Å². The average Bonchev–Trinajstić information content (AvgIpc) is 2.70. The lowest BCUT2D eigenvalue weighted by Crippen LogP contribution is -2.43. The zero-order valence-corrected chi connectivity index (χ0v) is 13.8. The Morgan fingerprint density at radius 1 is 1.15 bits per heavy atom. The molecular formula is C18H15F4N3O2. The molecule has 0 aliphatic rings. The third-order valence-corrected chi connectivity index (χ3v) is 3.82. The number of carbonyl (C=O) groups excluding carboxylic acids is 1. The summed E-state index contributed by atoms with van der Waals surface area (Å²) >= 11 is 0. The number of alkyl halides is 4. The fourth-order valence-corrected chi connectivity index (χ4v) is 2.34. The number of aromatic nitrogens is 1. The van der Waals surface area contributed by atoms with E-state index in [1.165, 1.54) is 30.5 Å². The number of nitrogens with zero attached hydrogens (tertiary/aromatic N) is 2. The van der Waals surface area contributed by atoms with Crippen LogP contribution in [0.25, 0.3) is 11.1 Å². The van der Waals surface area contributed by atoms with Crippen LogP contribution in [0.2, 0.25) is 0 Å². The summed E-state index contributed by atoms with van der Waals surface area (Å²) in [6.07, 6.45) is -5.28. The number of nitriles is 1. The van der Waals surface area contributed by atoms with Crippen LogP contribution in [-0.4, -0.2) is 35.1 Å². The molecule has 0 radical (unpaired) electrons. The highest BCUT2D eigenvalue weighted by atomic mass is 19.3. The first kappa shape index (κ1) is 20.3. The van der Waals surface area contributed by atoms with Gasteiger partial charge in [-0.3, -0.25) is 9.78 Å². The van der Waals surface area contributed by atoms with Gasteiger partial charge >= 0.3 is 6.43 Å². The highest BCUT2D eigenvalue weighted by molar-refractivity contribution is 5.79. The zero-order chi connectivity index (χ0) is 20.0. The minimum Gasteiger partial charge on any atom is -0.386 e. The molecule has 0 bridgehead atoms. The molecule has 1 amide bonds. The summed E-state index contributed by atoms with van der Waals surface area (Å²) < 4.78 is 50.8. The van der Waals surface area contributed by atoms with E-state index >= 15 is 0 Å². The van der Waals surface area contributed by atoms with Crippen molar-refractivity contribution in [3.8, 4) is 17.2 Å². The van der Waals surface area contributed by atoms with Crippen LogP contribution in [0, 0.1) is 11.3 Å². The summed E-state index contributed by atoms with van der Waals surface area (Å²) in [6.45, 7) is -1.23. The van der Waals surface area contributed by atoms with Crippen molar-refractivity contribution in [2.45, 2.75) is 24.7 Å². The van der Waals surface area contributed by atoms with E-state index in [9.17, 15) is 27.5 Å². The molecule has 0 saturated carbocycles. The van der Waals surface area contributed by atoms with Gasteiger partial charge in [-0.15, -0.1) is 0 Å². The minimum atomic E-state index is -3.31. The maximum atomic E-state index is 13.2. The molecule has 5 nitrogen and oxygen atoms in total. The van der Waals surface area contributed by atoms with Crippen molar-refractivity contribution >= 4 is 5.91 Å². The van der Waals surface area contributed by atoms with Crippen molar-refractivity contribution in [3.63, 3.8) is 0 Å². The number of hydrogen-bond donors (Lipinski definition) is 2. The first-order chi connectivity index (χ1) is 12.9. The minimum absolute atomic E-state index is 0.0196. The molecule has 1 aromatic carbocycles. The Labute approximate surface area is 152 Å². The van der Waals surface area contributed by atoms with E-state index in [1.807, 2.05) is 0 Å². The van der Waals surface area contributed by atoms with Gasteiger partial charge in [0.25, 0.3) is 5.91 Å². The van der Waals surface area contributed by atoms with Crippen LogP contribution in [0.4, 0.5) is 17.6 Å². The van der Waals surface area contributed by atoms with Gasteiger partial charge in [0.2, 0.25) is 6.17 Å². The van der Waals surface area contributed by atoms with Gasteiger partial charge < -0.3 is 10.4 Å². The maximum absolute atomic E-state index is 13.2. The van der Waals surface area contributed by atoms with E-state index in [0.717, 1.165) is 0 Å². The van der Waals surface area contributed by atoms with E-state index in [4.69, 9.17) is 5.26 Å². The SMILES string of the molecule is N#CC(F)c1ccc(-c2ccc(C(O)C(CF)NC(=O)C(F)F)cc2)cn1. The zero-order valence-electron chi connectivity index (χ0n) is 13.8. The summed E-state index contributed by atoms with van der Waals surface area (Å²) in [6, 6.07) is 8.87. The Morgan fingerprint density at radius 3 is 2.26 bits per heavy atom. The number of pyridine rings is 1. The predicted molar refractivity (Wildman–Crippen MR) is 88.0 cm³/mol. The molecule has 0 spiro atoms. The molecule has 3 unspecified atom stereocenters. The highest BCUT2D eigenvalue weighted by Gasteiger charge is 2.26. The Kier molecular flexibility index (Phi) is 6.85. The monoisotopic (exact) mass is 381 g/mol.